The van der Waals surface area contributed by atoms with Gasteiger partial charge in [0.1, 0.15) is 0 Å². The van der Waals surface area contributed by atoms with E-state index >= 15 is 0 Å². The summed E-state index contributed by atoms with van der Waals surface area (Å²) in [5.74, 6) is 1.50. The summed E-state index contributed by atoms with van der Waals surface area (Å²) >= 11 is 0. The first-order chi connectivity index (χ1) is 9.75. The van der Waals surface area contributed by atoms with Crippen LogP contribution in [0.15, 0.2) is 16.9 Å². The lowest BCUT2D eigenvalue weighted by Gasteiger charge is -2.44. The van der Waals surface area contributed by atoms with Gasteiger partial charge in [-0.3, -0.25) is 0 Å². The fourth-order valence-corrected chi connectivity index (χ4v) is 9.23. The fourth-order valence-electron chi connectivity index (χ4n) is 3.85. The van der Waals surface area contributed by atoms with Crippen LogP contribution in [0.3, 0.4) is 0 Å². The molecule has 4 nitrogen and oxygen atoms in total. The largest absolute Gasteiger partial charge is 0.546 e. The Labute approximate surface area is 130 Å². The van der Waals surface area contributed by atoms with Gasteiger partial charge in [-0.05, 0) is 41.1 Å². The van der Waals surface area contributed by atoms with Crippen molar-refractivity contribution in [1.29, 1.82) is 0 Å². The Hall–Kier alpha value is -0.933. The minimum Gasteiger partial charge on any atom is -0.546 e. The maximum atomic E-state index is 8.66. The van der Waals surface area contributed by atoms with Crippen LogP contribution in [0.5, 0.6) is 0 Å². The molecule has 1 aliphatic carbocycles. The van der Waals surface area contributed by atoms with Crippen molar-refractivity contribution in [1.82, 2.24) is 0 Å². The second-order valence-corrected chi connectivity index (χ2v) is 12.6. The molecule has 0 saturated carbocycles. The predicted molar refractivity (Wildman–Crippen MR) is 91.5 cm³/mol. The quantitative estimate of drug-likeness (QED) is 0.250. The summed E-state index contributed by atoms with van der Waals surface area (Å²) in [7, 11) is -1.91. The smallest absolute Gasteiger partial charge is 0.258 e. The molecule has 0 saturated heterocycles. The molecule has 0 radical (unpaired) electrons. The number of allylic oxidation sites excluding steroid dienone is 1. The van der Waals surface area contributed by atoms with Crippen LogP contribution in [0.2, 0.25) is 16.6 Å². The van der Waals surface area contributed by atoms with Gasteiger partial charge in [-0.25, -0.2) is 0 Å². The van der Waals surface area contributed by atoms with E-state index in [4.69, 9.17) is 9.96 Å². The lowest BCUT2D eigenvalue weighted by Crippen LogP contribution is -2.48. The minimum atomic E-state index is -1.91. The molecule has 0 heterocycles. The van der Waals surface area contributed by atoms with Crippen molar-refractivity contribution >= 4 is 8.32 Å². The third kappa shape index (κ3) is 3.83. The normalized spacial score (nSPS) is 23.2. The highest BCUT2D eigenvalue weighted by atomic mass is 28.4. The third-order valence-electron chi connectivity index (χ3n) is 4.94. The maximum absolute atomic E-state index is 8.66. The van der Waals surface area contributed by atoms with Crippen molar-refractivity contribution in [2.45, 2.75) is 84.0 Å². The number of hydrogen-bond donors (Lipinski definition) is 0. The Balaban J connectivity index is 3.14. The molecule has 120 valence electrons. The topological polar surface area (TPSA) is 58.0 Å². The first-order valence-corrected chi connectivity index (χ1v) is 10.3. The maximum Gasteiger partial charge on any atom is 0.258 e. The molecule has 5 heteroatoms. The van der Waals surface area contributed by atoms with Gasteiger partial charge in [-0.2, -0.15) is 0 Å². The van der Waals surface area contributed by atoms with Gasteiger partial charge < -0.3 is 4.43 Å². The Kier molecular flexibility index (Phi) is 6.35. The summed E-state index contributed by atoms with van der Waals surface area (Å²) in [5, 5.41) is 3.87. The lowest BCUT2D eigenvalue weighted by atomic mass is 9.93. The molecule has 0 unspecified atom stereocenters. The van der Waals surface area contributed by atoms with Gasteiger partial charge in [0.15, 0.2) is 0 Å². The Morgan fingerprint density at radius 1 is 1.14 bits per heavy atom. The van der Waals surface area contributed by atoms with Crippen molar-refractivity contribution in [3.8, 4) is 0 Å². The van der Waals surface area contributed by atoms with E-state index in [2.05, 4.69) is 64.6 Å². The molecule has 0 amide bonds. The third-order valence-corrected chi connectivity index (χ3v) is 10.9. The molecular formula is C16H31N3OSi. The van der Waals surface area contributed by atoms with Crippen LogP contribution >= 0.6 is 0 Å². The summed E-state index contributed by atoms with van der Waals surface area (Å²) in [4.78, 5) is 2.96. The highest BCUT2D eigenvalue weighted by Crippen LogP contribution is 2.45. The lowest BCUT2D eigenvalue weighted by molar-refractivity contribution is 0.291. The van der Waals surface area contributed by atoms with Gasteiger partial charge >= 0.3 is 0 Å². The molecule has 0 aromatic rings. The molecule has 0 spiro atoms. The van der Waals surface area contributed by atoms with Crippen LogP contribution in [-0.2, 0) is 4.43 Å². The van der Waals surface area contributed by atoms with Crippen LogP contribution in [-0.4, -0.2) is 14.4 Å². The van der Waals surface area contributed by atoms with Gasteiger partial charge in [0.05, 0.1) is 11.8 Å². The summed E-state index contributed by atoms with van der Waals surface area (Å²) in [5.41, 5.74) is 10.3. The van der Waals surface area contributed by atoms with E-state index in [9.17, 15) is 0 Å². The summed E-state index contributed by atoms with van der Waals surface area (Å²) in [6.07, 6.45) is 4.04. The van der Waals surface area contributed by atoms with Crippen LogP contribution in [0.1, 0.15) is 61.3 Å². The van der Waals surface area contributed by atoms with E-state index in [1.807, 2.05) is 0 Å². The second-order valence-electron chi connectivity index (χ2n) is 7.24. The first-order valence-electron chi connectivity index (χ1n) is 8.20. The number of hydrogen-bond acceptors (Lipinski definition) is 2. The SMILES string of the molecule is CC(C)[Si](OC1=C[C@H](N=[N+]=[N-])CC[C@H]1C)(C(C)C)C(C)C. The zero-order chi connectivity index (χ0) is 16.2. The average molecular weight is 310 g/mol. The zero-order valence-electron chi connectivity index (χ0n) is 14.6. The number of nitrogens with zero attached hydrogens (tertiary/aromatic N) is 3. The Morgan fingerprint density at radius 3 is 2.10 bits per heavy atom. The van der Waals surface area contributed by atoms with E-state index in [0.717, 1.165) is 18.6 Å². The molecular weight excluding hydrogens is 278 g/mol. The monoisotopic (exact) mass is 309 g/mol. The Morgan fingerprint density at radius 2 is 1.67 bits per heavy atom. The summed E-state index contributed by atoms with van der Waals surface area (Å²) in [6.45, 7) is 16.0. The fraction of sp³-hybridized carbons (Fsp3) is 0.875. The molecule has 21 heavy (non-hydrogen) atoms. The molecule has 0 aromatic heterocycles. The van der Waals surface area contributed by atoms with Crippen LogP contribution in [0, 0.1) is 5.92 Å². The van der Waals surface area contributed by atoms with Gasteiger partial charge in [-0.15, -0.1) is 0 Å². The molecule has 2 atom stereocenters. The zero-order valence-corrected chi connectivity index (χ0v) is 15.6. The van der Waals surface area contributed by atoms with Crippen molar-refractivity contribution in [2.75, 3.05) is 0 Å². The van der Waals surface area contributed by atoms with Crippen molar-refractivity contribution in [2.24, 2.45) is 11.0 Å². The molecule has 0 aromatic carbocycles. The van der Waals surface area contributed by atoms with E-state index in [1.165, 1.54) is 0 Å². The van der Waals surface area contributed by atoms with E-state index in [-0.39, 0.29) is 6.04 Å². The van der Waals surface area contributed by atoms with Gasteiger partial charge in [-0.1, -0.05) is 53.6 Å². The van der Waals surface area contributed by atoms with Gasteiger partial charge in [0, 0.05) is 10.8 Å². The second kappa shape index (κ2) is 7.37. The summed E-state index contributed by atoms with van der Waals surface area (Å²) in [6, 6.07) is -0.0422. The molecule has 0 fully saturated rings. The van der Waals surface area contributed by atoms with Crippen molar-refractivity contribution in [3.05, 3.63) is 22.3 Å². The van der Waals surface area contributed by atoms with E-state index in [0.29, 0.717) is 22.5 Å². The first kappa shape index (κ1) is 18.1. The minimum absolute atomic E-state index is 0.0422. The number of rotatable bonds is 6. The molecule has 0 N–H and O–H groups in total. The van der Waals surface area contributed by atoms with E-state index in [1.54, 1.807) is 0 Å². The molecule has 1 aliphatic rings. The summed E-state index contributed by atoms with van der Waals surface area (Å²) < 4.78 is 6.77. The molecule has 0 bridgehead atoms. The standard InChI is InChI=1S/C16H31N3OSi/c1-11(2)21(12(3)4,13(5)6)20-16-10-15(18-19-17)9-8-14(16)7/h10-15H,8-9H2,1-7H3/t14-,15-/m1/s1. The van der Waals surface area contributed by atoms with E-state index < -0.39 is 8.32 Å². The average Bonchev–Trinajstić information content (AvgIpc) is 2.38. The molecule has 0 aliphatic heterocycles. The van der Waals surface area contributed by atoms with Crippen LogP contribution in [0.25, 0.3) is 10.4 Å². The van der Waals surface area contributed by atoms with Crippen LogP contribution < -0.4 is 0 Å². The molecule has 1 rings (SSSR count). The van der Waals surface area contributed by atoms with Crippen molar-refractivity contribution in [3.63, 3.8) is 0 Å². The van der Waals surface area contributed by atoms with Gasteiger partial charge in [0.25, 0.3) is 8.32 Å². The van der Waals surface area contributed by atoms with Gasteiger partial charge in [0.2, 0.25) is 0 Å². The highest BCUT2D eigenvalue weighted by molar-refractivity contribution is 6.77. The van der Waals surface area contributed by atoms with Crippen molar-refractivity contribution < 1.29 is 4.43 Å². The number of azide groups is 1. The van der Waals surface area contributed by atoms with Crippen LogP contribution in [0.4, 0.5) is 0 Å². The highest BCUT2D eigenvalue weighted by Gasteiger charge is 2.47. The Bertz CT molecular complexity index is 403. The predicted octanol–water partition coefficient (Wildman–Crippen LogP) is 6.17.